The summed E-state index contributed by atoms with van der Waals surface area (Å²) in [6.45, 7) is 2.09. The van der Waals surface area contributed by atoms with E-state index in [9.17, 15) is 9.59 Å². The van der Waals surface area contributed by atoms with Gasteiger partial charge in [0.05, 0.1) is 11.0 Å². The molecule has 4 N–H and O–H groups in total. The number of carbonyl (C=O) groups excluding carboxylic acids is 1. The number of hydrogen-bond donors (Lipinski definition) is 3. The van der Waals surface area contributed by atoms with Gasteiger partial charge in [-0.15, -0.1) is 0 Å². The van der Waals surface area contributed by atoms with E-state index in [-0.39, 0.29) is 11.6 Å². The van der Waals surface area contributed by atoms with Gasteiger partial charge in [0.1, 0.15) is 0 Å². The van der Waals surface area contributed by atoms with E-state index in [0.29, 0.717) is 24.8 Å². The Balaban J connectivity index is 1.33. The average molecular weight is 378 g/mol. The Morgan fingerprint density at radius 2 is 1.86 bits per heavy atom. The van der Waals surface area contributed by atoms with Crippen molar-refractivity contribution in [1.29, 1.82) is 0 Å². The van der Waals surface area contributed by atoms with E-state index in [4.69, 9.17) is 5.73 Å². The third-order valence-electron chi connectivity index (χ3n) is 5.76. The first-order valence-corrected chi connectivity index (χ1v) is 9.88. The number of nitrogens with zero attached hydrogens (tertiary/aromatic N) is 1. The normalized spacial score (nSPS) is 19.4. The molecule has 146 valence electrons. The van der Waals surface area contributed by atoms with Gasteiger partial charge in [0, 0.05) is 25.4 Å². The Kier molecular flexibility index (Phi) is 5.30. The van der Waals surface area contributed by atoms with Crippen molar-refractivity contribution in [2.45, 2.75) is 25.2 Å². The molecule has 1 aromatic heterocycles. The second-order valence-corrected chi connectivity index (χ2v) is 7.62. The molecule has 1 saturated heterocycles. The number of aromatic amines is 2. The number of benzene rings is 2. The highest BCUT2D eigenvalue weighted by molar-refractivity contribution is 5.77. The standard InChI is InChI=1S/C22H26N4O2/c23-12-17-13-26(14-18(17)16-6-2-1-3-7-16)21(27)8-4-5-15-9-10-19-20(11-15)25-22(28)24-19/h1-3,6-7,9-11,17-18H,4-5,8,12-14,23H2,(H2,24,25,28)/t17-,18+/m1/s1. The monoisotopic (exact) mass is 378 g/mol. The molecule has 28 heavy (non-hydrogen) atoms. The average Bonchev–Trinajstić information content (AvgIpc) is 3.31. The number of aryl methyl sites for hydroxylation is 1. The molecule has 0 unspecified atom stereocenters. The van der Waals surface area contributed by atoms with Crippen molar-refractivity contribution in [3.63, 3.8) is 0 Å². The predicted molar refractivity (Wildman–Crippen MR) is 110 cm³/mol. The van der Waals surface area contributed by atoms with Gasteiger partial charge in [-0.2, -0.15) is 0 Å². The number of likely N-dealkylation sites (tertiary alicyclic amines) is 1. The van der Waals surface area contributed by atoms with Gasteiger partial charge >= 0.3 is 5.69 Å². The minimum Gasteiger partial charge on any atom is -0.342 e. The van der Waals surface area contributed by atoms with Crippen molar-refractivity contribution >= 4 is 16.9 Å². The zero-order valence-corrected chi connectivity index (χ0v) is 15.9. The third-order valence-corrected chi connectivity index (χ3v) is 5.76. The van der Waals surface area contributed by atoms with Gasteiger partial charge in [0.2, 0.25) is 5.91 Å². The van der Waals surface area contributed by atoms with Crippen LogP contribution < -0.4 is 11.4 Å². The van der Waals surface area contributed by atoms with E-state index in [2.05, 4.69) is 22.1 Å². The van der Waals surface area contributed by atoms with Crippen molar-refractivity contribution < 1.29 is 4.79 Å². The van der Waals surface area contributed by atoms with E-state index in [1.165, 1.54) is 5.56 Å². The molecule has 0 bridgehead atoms. The highest BCUT2D eigenvalue weighted by Gasteiger charge is 2.34. The Bertz CT molecular complexity index is 1010. The smallest absolute Gasteiger partial charge is 0.323 e. The lowest BCUT2D eigenvalue weighted by atomic mass is 9.89. The Hall–Kier alpha value is -2.86. The Labute approximate surface area is 163 Å². The number of nitrogens with one attached hydrogen (secondary N) is 2. The first-order valence-electron chi connectivity index (χ1n) is 9.88. The van der Waals surface area contributed by atoms with Crippen LogP contribution in [0.15, 0.2) is 53.3 Å². The molecule has 0 aliphatic carbocycles. The molecule has 4 rings (SSSR count). The van der Waals surface area contributed by atoms with Crippen molar-refractivity contribution in [1.82, 2.24) is 14.9 Å². The second-order valence-electron chi connectivity index (χ2n) is 7.62. The number of imidazole rings is 1. The largest absolute Gasteiger partial charge is 0.342 e. The van der Waals surface area contributed by atoms with E-state index >= 15 is 0 Å². The summed E-state index contributed by atoms with van der Waals surface area (Å²) >= 11 is 0. The van der Waals surface area contributed by atoms with Gasteiger partial charge in [-0.1, -0.05) is 36.4 Å². The van der Waals surface area contributed by atoms with E-state index < -0.39 is 0 Å². The summed E-state index contributed by atoms with van der Waals surface area (Å²) in [5.41, 5.74) is 9.79. The molecule has 1 fully saturated rings. The van der Waals surface area contributed by atoms with Crippen molar-refractivity contribution in [2.24, 2.45) is 11.7 Å². The highest BCUT2D eigenvalue weighted by atomic mass is 16.2. The van der Waals surface area contributed by atoms with E-state index in [0.717, 1.165) is 42.5 Å². The fourth-order valence-corrected chi connectivity index (χ4v) is 4.23. The van der Waals surface area contributed by atoms with Gasteiger partial charge in [0.15, 0.2) is 0 Å². The Morgan fingerprint density at radius 3 is 2.64 bits per heavy atom. The molecule has 2 heterocycles. The maximum absolute atomic E-state index is 12.7. The van der Waals surface area contributed by atoms with Gasteiger partial charge in [-0.05, 0) is 48.6 Å². The van der Waals surface area contributed by atoms with Crippen molar-refractivity contribution in [3.05, 3.63) is 70.1 Å². The Morgan fingerprint density at radius 1 is 1.07 bits per heavy atom. The number of rotatable bonds is 6. The van der Waals surface area contributed by atoms with Crippen LogP contribution in [0.3, 0.4) is 0 Å². The summed E-state index contributed by atoms with van der Waals surface area (Å²) in [4.78, 5) is 31.6. The molecule has 2 aromatic carbocycles. The SMILES string of the molecule is NC[C@@H]1CN(C(=O)CCCc2ccc3[nH]c(=O)[nH]c3c2)C[C@H]1c1ccccc1. The van der Waals surface area contributed by atoms with Crippen LogP contribution in [0, 0.1) is 5.92 Å². The molecule has 1 amide bonds. The summed E-state index contributed by atoms with van der Waals surface area (Å²) in [6.07, 6.45) is 2.13. The molecule has 1 aliphatic heterocycles. The molecule has 0 spiro atoms. The maximum atomic E-state index is 12.7. The predicted octanol–water partition coefficient (Wildman–Crippen LogP) is 2.38. The molecule has 2 atom stereocenters. The topological polar surface area (TPSA) is 95.0 Å². The third kappa shape index (κ3) is 3.87. The first-order chi connectivity index (χ1) is 13.6. The van der Waals surface area contributed by atoms with Crippen LogP contribution in [-0.2, 0) is 11.2 Å². The van der Waals surface area contributed by atoms with Crippen molar-refractivity contribution in [2.75, 3.05) is 19.6 Å². The second kappa shape index (κ2) is 8.02. The lowest BCUT2D eigenvalue weighted by Gasteiger charge is -2.17. The van der Waals surface area contributed by atoms with Gasteiger partial charge in [-0.25, -0.2) is 4.79 Å². The molecular formula is C22H26N4O2. The summed E-state index contributed by atoms with van der Waals surface area (Å²) in [6, 6.07) is 16.2. The van der Waals surface area contributed by atoms with Gasteiger partial charge in [-0.3, -0.25) is 4.79 Å². The van der Waals surface area contributed by atoms with Gasteiger partial charge < -0.3 is 20.6 Å². The van der Waals surface area contributed by atoms with Crippen LogP contribution in [-0.4, -0.2) is 40.4 Å². The minimum absolute atomic E-state index is 0.196. The summed E-state index contributed by atoms with van der Waals surface area (Å²) in [5, 5.41) is 0. The van der Waals surface area contributed by atoms with Crippen LogP contribution in [0.2, 0.25) is 0 Å². The lowest BCUT2D eigenvalue weighted by molar-refractivity contribution is -0.130. The van der Waals surface area contributed by atoms with Crippen LogP contribution in [0.4, 0.5) is 0 Å². The number of hydrogen-bond acceptors (Lipinski definition) is 3. The number of aromatic nitrogens is 2. The van der Waals surface area contributed by atoms with Crippen molar-refractivity contribution in [3.8, 4) is 0 Å². The summed E-state index contributed by atoms with van der Waals surface area (Å²) in [5.74, 6) is 0.843. The van der Waals surface area contributed by atoms with Gasteiger partial charge in [0.25, 0.3) is 0 Å². The first kappa shape index (κ1) is 18.5. The lowest BCUT2D eigenvalue weighted by Crippen LogP contribution is -2.29. The van der Waals surface area contributed by atoms with Crippen LogP contribution in [0.5, 0.6) is 0 Å². The fraction of sp³-hybridized carbons (Fsp3) is 0.364. The summed E-state index contributed by atoms with van der Waals surface area (Å²) in [7, 11) is 0. The van der Waals surface area contributed by atoms with Crippen LogP contribution in [0.1, 0.15) is 29.9 Å². The maximum Gasteiger partial charge on any atom is 0.323 e. The number of carbonyl (C=O) groups is 1. The van der Waals surface area contributed by atoms with Crippen LogP contribution in [0.25, 0.3) is 11.0 Å². The molecule has 3 aromatic rings. The van der Waals surface area contributed by atoms with E-state index in [1.807, 2.05) is 41.3 Å². The zero-order chi connectivity index (χ0) is 19.5. The highest BCUT2D eigenvalue weighted by Crippen LogP contribution is 2.32. The molecule has 6 heteroatoms. The number of H-pyrrole nitrogens is 2. The van der Waals surface area contributed by atoms with Crippen LogP contribution >= 0.6 is 0 Å². The number of nitrogens with two attached hydrogens (primary N) is 1. The minimum atomic E-state index is -0.196. The molecule has 6 nitrogen and oxygen atoms in total. The number of fused-ring (bicyclic) bond motifs is 1. The molecule has 0 saturated carbocycles. The molecule has 1 aliphatic rings. The zero-order valence-electron chi connectivity index (χ0n) is 15.9. The summed E-state index contributed by atoms with van der Waals surface area (Å²) < 4.78 is 0. The quantitative estimate of drug-likeness (QED) is 0.615. The fourth-order valence-electron chi connectivity index (χ4n) is 4.23. The number of amides is 1. The molecule has 0 radical (unpaired) electrons. The van der Waals surface area contributed by atoms with E-state index in [1.54, 1.807) is 0 Å². The molecular weight excluding hydrogens is 352 g/mol.